The smallest absolute Gasteiger partial charge is 0.332 e. The molecular weight excluding hydrogens is 561 g/mol. The van der Waals surface area contributed by atoms with Gasteiger partial charge in [-0.2, -0.15) is 0 Å². The fraction of sp³-hybridized carbons (Fsp3) is 0.867. The van der Waals surface area contributed by atoms with Crippen LogP contribution in [0.15, 0.2) is 10.4 Å². The molecule has 0 spiro atoms. The normalized spacial score (nSPS) is 38.0. The summed E-state index contributed by atoms with van der Waals surface area (Å²) >= 11 is 0. The summed E-state index contributed by atoms with van der Waals surface area (Å²) in [5.41, 5.74) is 5.76. The van der Waals surface area contributed by atoms with Crippen LogP contribution >= 0.6 is 0 Å². The number of rotatable bonds is 6. The molecule has 38 heavy (non-hydrogen) atoms. The van der Waals surface area contributed by atoms with Gasteiger partial charge in [-0.25, -0.2) is 0 Å². The lowest BCUT2D eigenvalue weighted by molar-refractivity contribution is -0.121. The predicted molar refractivity (Wildman–Crippen MR) is 183 cm³/mol. The van der Waals surface area contributed by atoms with Crippen LogP contribution in [0.4, 0.5) is 0 Å². The lowest BCUT2D eigenvalue weighted by Gasteiger charge is -2.66. The SMILES string of the molecule is C[Si](C)(C)C#CC1=C([Si](C)(C)C)[Si@@](O[Si](C)(C)C)([Si](C)(C)C)O[C@@]1(C12CC3CC(CC(C3)C1)C2)[Si](C)(C)C. The quantitative estimate of drug-likeness (QED) is 0.218. The van der Waals surface area contributed by atoms with Crippen LogP contribution in [-0.4, -0.2) is 53.4 Å². The Morgan fingerprint density at radius 2 is 1.18 bits per heavy atom. The van der Waals surface area contributed by atoms with Crippen LogP contribution in [0.1, 0.15) is 38.5 Å². The maximum absolute atomic E-state index is 8.39. The molecule has 0 saturated heterocycles. The molecular formula is C30H60O2Si6. The first-order chi connectivity index (χ1) is 16.9. The van der Waals surface area contributed by atoms with E-state index in [2.05, 4.69) is 110 Å². The number of hydrogen-bond donors (Lipinski definition) is 0. The topological polar surface area (TPSA) is 18.5 Å². The summed E-state index contributed by atoms with van der Waals surface area (Å²) in [5, 5.41) is -0.190. The maximum atomic E-state index is 8.39. The van der Waals surface area contributed by atoms with Gasteiger partial charge in [0.2, 0.25) is 0 Å². The molecule has 0 aromatic heterocycles. The van der Waals surface area contributed by atoms with Crippen molar-refractivity contribution < 1.29 is 8.54 Å². The first-order valence-corrected chi connectivity index (χ1v) is 35.8. The Balaban J connectivity index is 2.17. The van der Waals surface area contributed by atoms with Crippen molar-refractivity contribution in [2.75, 3.05) is 0 Å². The molecule has 216 valence electrons. The van der Waals surface area contributed by atoms with Crippen molar-refractivity contribution in [1.29, 1.82) is 0 Å². The average Bonchev–Trinajstić information content (AvgIpc) is 2.96. The van der Waals surface area contributed by atoms with Crippen LogP contribution < -0.4 is 0 Å². The zero-order valence-electron chi connectivity index (χ0n) is 27.8. The largest absolute Gasteiger partial charge is 0.436 e. The van der Waals surface area contributed by atoms with Crippen LogP contribution in [0.2, 0.25) is 98.2 Å². The minimum Gasteiger partial charge on any atom is -0.436 e. The second-order valence-electron chi connectivity index (χ2n) is 18.8. The van der Waals surface area contributed by atoms with Crippen LogP contribution in [0, 0.1) is 34.6 Å². The molecule has 0 aromatic rings. The highest BCUT2D eigenvalue weighted by Crippen LogP contribution is 2.70. The minimum absolute atomic E-state index is 0.190. The lowest BCUT2D eigenvalue weighted by atomic mass is 9.47. The van der Waals surface area contributed by atoms with Gasteiger partial charge in [0, 0.05) is 11.0 Å². The van der Waals surface area contributed by atoms with E-state index in [-0.39, 0.29) is 10.6 Å². The first kappa shape index (κ1) is 31.5. The zero-order valence-corrected chi connectivity index (χ0v) is 33.8. The molecule has 8 heteroatoms. The van der Waals surface area contributed by atoms with Crippen molar-refractivity contribution in [1.82, 2.24) is 0 Å². The Labute approximate surface area is 242 Å². The Hall–Kier alpha value is 0.521. The fourth-order valence-corrected chi connectivity index (χ4v) is 44.4. The Kier molecular flexibility index (Phi) is 7.66. The van der Waals surface area contributed by atoms with Gasteiger partial charge in [-0.15, -0.1) is 5.54 Å². The van der Waals surface area contributed by atoms with Gasteiger partial charge < -0.3 is 8.54 Å². The molecule has 4 bridgehead atoms. The third-order valence-corrected chi connectivity index (χ3v) is 34.6. The van der Waals surface area contributed by atoms with Crippen LogP contribution in [0.5, 0.6) is 0 Å². The van der Waals surface area contributed by atoms with Gasteiger partial charge in [0.1, 0.15) is 15.7 Å². The average molecular weight is 621 g/mol. The van der Waals surface area contributed by atoms with Crippen molar-refractivity contribution in [3.8, 4) is 11.5 Å². The Morgan fingerprint density at radius 1 is 0.737 bits per heavy atom. The highest BCUT2D eigenvalue weighted by atomic mass is 29.3. The van der Waals surface area contributed by atoms with Crippen molar-refractivity contribution in [2.24, 2.45) is 23.2 Å². The molecule has 0 N–H and O–H groups in total. The van der Waals surface area contributed by atoms with Gasteiger partial charge in [0.15, 0.2) is 8.32 Å². The predicted octanol–water partition coefficient (Wildman–Crippen LogP) is 9.15. The van der Waals surface area contributed by atoms with Gasteiger partial charge in [0.05, 0.1) is 21.4 Å². The lowest BCUT2D eigenvalue weighted by Crippen LogP contribution is -2.74. The molecule has 0 radical (unpaired) electrons. The van der Waals surface area contributed by atoms with Crippen LogP contribution in [0.25, 0.3) is 0 Å². The molecule has 0 unspecified atom stereocenters. The van der Waals surface area contributed by atoms with Crippen molar-refractivity contribution in [3.05, 3.63) is 10.4 Å². The summed E-state index contributed by atoms with van der Waals surface area (Å²) in [4.78, 5) is 1.72. The van der Waals surface area contributed by atoms with E-state index < -0.39 is 48.2 Å². The molecule has 2 nitrogen and oxygen atoms in total. The molecule has 0 aromatic carbocycles. The Morgan fingerprint density at radius 3 is 1.50 bits per heavy atom. The first-order valence-electron chi connectivity index (χ1n) is 15.6. The molecule has 5 rings (SSSR count). The third kappa shape index (κ3) is 5.16. The monoisotopic (exact) mass is 620 g/mol. The van der Waals surface area contributed by atoms with Gasteiger partial charge in [-0.05, 0) is 80.7 Å². The van der Waals surface area contributed by atoms with E-state index in [1.807, 2.05) is 0 Å². The summed E-state index contributed by atoms with van der Waals surface area (Å²) in [6.45, 7) is 38.0. The van der Waals surface area contributed by atoms with Crippen molar-refractivity contribution in [3.63, 3.8) is 0 Å². The zero-order chi connectivity index (χ0) is 29.0. The summed E-state index contributed by atoms with van der Waals surface area (Å²) in [6, 6.07) is 0. The Bertz CT molecular complexity index is 1020. The van der Waals surface area contributed by atoms with Crippen LogP contribution in [-0.2, 0) is 8.54 Å². The summed E-state index contributed by atoms with van der Waals surface area (Å²) in [6.07, 6.45) is 8.56. The van der Waals surface area contributed by atoms with E-state index in [1.165, 1.54) is 44.1 Å². The highest BCUT2D eigenvalue weighted by molar-refractivity contribution is 7.43. The highest BCUT2D eigenvalue weighted by Gasteiger charge is 2.76. The molecule has 4 aliphatic carbocycles. The number of hydrogen-bond acceptors (Lipinski definition) is 2. The minimum atomic E-state index is -2.70. The van der Waals surface area contributed by atoms with Crippen molar-refractivity contribution in [2.45, 2.75) is 142 Å². The fourth-order valence-electron chi connectivity index (χ4n) is 9.35. The standard InChI is InChI=1S/C30H60O2Si6/c1-33(2,3)17-16-27-28(34(4,5)6)38(37(13,14)15,32-36(10,11)12)31-30(27,35(7,8)9)29-21-24-18-25(22-29)20-26(19-24)23-29/h24-26H,18-23H2,1-15H3/t24?,25?,26?,29?,30-,38-/m1/s1. The van der Waals surface area contributed by atoms with E-state index in [9.17, 15) is 0 Å². The molecule has 5 aliphatic rings. The van der Waals surface area contributed by atoms with Crippen LogP contribution in [0.3, 0.4) is 0 Å². The maximum Gasteiger partial charge on any atom is 0.332 e. The summed E-state index contributed by atoms with van der Waals surface area (Å²) in [7, 11) is -11.8. The molecule has 4 fully saturated rings. The molecule has 0 amide bonds. The molecule has 2 atom stereocenters. The van der Waals surface area contributed by atoms with Crippen molar-refractivity contribution >= 4 is 48.2 Å². The van der Waals surface area contributed by atoms with Gasteiger partial charge in [0.25, 0.3) is 0 Å². The van der Waals surface area contributed by atoms with Gasteiger partial charge in [-0.1, -0.05) is 84.5 Å². The summed E-state index contributed by atoms with van der Waals surface area (Å²) in [5.74, 6) is 6.85. The second kappa shape index (κ2) is 9.26. The van der Waals surface area contributed by atoms with Gasteiger partial charge >= 0.3 is 8.08 Å². The molecule has 4 saturated carbocycles. The van der Waals surface area contributed by atoms with E-state index in [0.717, 1.165) is 17.8 Å². The van der Waals surface area contributed by atoms with E-state index in [1.54, 1.807) is 4.82 Å². The van der Waals surface area contributed by atoms with E-state index >= 15 is 0 Å². The molecule has 1 heterocycles. The second-order valence-corrected chi connectivity index (χ2v) is 52.2. The molecule has 1 aliphatic heterocycles. The van der Waals surface area contributed by atoms with Gasteiger partial charge in [-0.3, -0.25) is 0 Å². The third-order valence-electron chi connectivity index (χ3n) is 9.82. The van der Waals surface area contributed by atoms with E-state index in [4.69, 9.17) is 8.54 Å². The van der Waals surface area contributed by atoms with E-state index in [0.29, 0.717) is 0 Å². The summed E-state index contributed by atoms with van der Waals surface area (Å²) < 4.78 is 16.1.